The lowest BCUT2D eigenvalue weighted by molar-refractivity contribution is 0.194. The highest BCUT2D eigenvalue weighted by Crippen LogP contribution is 2.31. The molecular weight excluding hydrogens is 302 g/mol. The zero-order valence-corrected chi connectivity index (χ0v) is 14.8. The summed E-state index contributed by atoms with van der Waals surface area (Å²) in [6.45, 7) is 5.02. The largest absolute Gasteiger partial charge is 0.493 e. The van der Waals surface area contributed by atoms with Crippen LogP contribution in [0.2, 0.25) is 0 Å². The average Bonchev–Trinajstić information content (AvgIpc) is 2.61. The molecule has 0 bridgehead atoms. The Bertz CT molecular complexity index is 611. The minimum atomic E-state index is 0.525. The predicted molar refractivity (Wildman–Crippen MR) is 96.7 cm³/mol. The van der Waals surface area contributed by atoms with Crippen LogP contribution in [0.5, 0.6) is 11.5 Å². The maximum absolute atomic E-state index is 6.07. The number of aryl methyl sites for hydroxylation is 1. The summed E-state index contributed by atoms with van der Waals surface area (Å²) in [6, 6.07) is 14.4. The first-order valence-electron chi connectivity index (χ1n) is 8.28. The third kappa shape index (κ3) is 5.55. The van der Waals surface area contributed by atoms with Crippen LogP contribution < -0.4 is 14.8 Å². The van der Waals surface area contributed by atoms with E-state index in [-0.39, 0.29) is 0 Å². The minimum Gasteiger partial charge on any atom is -0.493 e. The molecule has 0 atom stereocenters. The zero-order valence-electron chi connectivity index (χ0n) is 14.8. The zero-order chi connectivity index (χ0) is 17.2. The van der Waals surface area contributed by atoms with E-state index >= 15 is 0 Å². The van der Waals surface area contributed by atoms with E-state index in [1.54, 1.807) is 14.2 Å². The summed E-state index contributed by atoms with van der Waals surface area (Å²) < 4.78 is 16.6. The lowest BCUT2D eigenvalue weighted by Crippen LogP contribution is -2.17. The summed E-state index contributed by atoms with van der Waals surface area (Å²) >= 11 is 0. The number of hydrogen-bond donors (Lipinski definition) is 1. The van der Waals surface area contributed by atoms with Gasteiger partial charge in [0.05, 0.1) is 7.11 Å². The molecule has 0 radical (unpaired) electrons. The second kappa shape index (κ2) is 9.96. The van der Waals surface area contributed by atoms with Gasteiger partial charge in [-0.1, -0.05) is 42.0 Å². The van der Waals surface area contributed by atoms with Crippen LogP contribution in [0.25, 0.3) is 0 Å². The van der Waals surface area contributed by atoms with Gasteiger partial charge in [0.1, 0.15) is 6.61 Å². The lowest BCUT2D eigenvalue weighted by Gasteiger charge is -2.16. The summed E-state index contributed by atoms with van der Waals surface area (Å²) in [4.78, 5) is 0. The monoisotopic (exact) mass is 329 g/mol. The van der Waals surface area contributed by atoms with E-state index < -0.39 is 0 Å². The molecule has 24 heavy (non-hydrogen) atoms. The Kier molecular flexibility index (Phi) is 7.59. The Labute approximate surface area is 144 Å². The third-order valence-corrected chi connectivity index (χ3v) is 3.80. The second-order valence-electron chi connectivity index (χ2n) is 5.75. The Morgan fingerprint density at radius 3 is 2.50 bits per heavy atom. The Morgan fingerprint density at radius 1 is 1.00 bits per heavy atom. The van der Waals surface area contributed by atoms with Crippen LogP contribution in [0.1, 0.15) is 23.1 Å². The maximum Gasteiger partial charge on any atom is 0.166 e. The highest BCUT2D eigenvalue weighted by Gasteiger charge is 2.10. The molecule has 4 heteroatoms. The second-order valence-corrected chi connectivity index (χ2v) is 5.75. The molecule has 130 valence electrons. The first kappa shape index (κ1) is 18.3. The number of benzene rings is 2. The molecule has 0 amide bonds. The van der Waals surface area contributed by atoms with E-state index in [9.17, 15) is 0 Å². The fourth-order valence-corrected chi connectivity index (χ4v) is 2.43. The Morgan fingerprint density at radius 2 is 1.79 bits per heavy atom. The average molecular weight is 329 g/mol. The molecule has 2 aromatic carbocycles. The van der Waals surface area contributed by atoms with Crippen molar-refractivity contribution in [3.05, 3.63) is 59.2 Å². The van der Waals surface area contributed by atoms with E-state index in [4.69, 9.17) is 14.2 Å². The molecule has 1 N–H and O–H groups in total. The van der Waals surface area contributed by atoms with Gasteiger partial charge < -0.3 is 19.5 Å². The Balaban J connectivity index is 2.01. The molecule has 0 unspecified atom stereocenters. The standard InChI is InChI=1S/C20H27NO3/c1-16-8-10-17(11-9-16)15-24-20-18(6-4-7-19(20)23-3)14-21-12-5-13-22-2/h4,6-11,21H,5,12-15H2,1-3H3. The van der Waals surface area contributed by atoms with Crippen molar-refractivity contribution in [2.45, 2.75) is 26.5 Å². The highest BCUT2D eigenvalue weighted by molar-refractivity contribution is 5.46. The Hall–Kier alpha value is -2.04. The molecule has 2 aromatic rings. The number of methoxy groups -OCH3 is 2. The molecule has 0 aliphatic rings. The normalized spacial score (nSPS) is 10.6. The van der Waals surface area contributed by atoms with E-state index in [1.807, 2.05) is 12.1 Å². The van der Waals surface area contributed by atoms with Gasteiger partial charge in [0.25, 0.3) is 0 Å². The van der Waals surface area contributed by atoms with Crippen LogP contribution in [0, 0.1) is 6.92 Å². The minimum absolute atomic E-state index is 0.525. The molecule has 0 fully saturated rings. The first-order valence-corrected chi connectivity index (χ1v) is 8.28. The molecule has 0 saturated carbocycles. The van der Waals surface area contributed by atoms with Crippen molar-refractivity contribution >= 4 is 0 Å². The van der Waals surface area contributed by atoms with Gasteiger partial charge in [0, 0.05) is 25.8 Å². The van der Waals surface area contributed by atoms with Crippen LogP contribution in [0.3, 0.4) is 0 Å². The molecule has 0 saturated heterocycles. The number of rotatable bonds is 10. The summed E-state index contributed by atoms with van der Waals surface area (Å²) in [5, 5.41) is 3.42. The van der Waals surface area contributed by atoms with Gasteiger partial charge in [0.2, 0.25) is 0 Å². The quantitative estimate of drug-likeness (QED) is 0.675. The van der Waals surface area contributed by atoms with Crippen LogP contribution in [-0.2, 0) is 17.9 Å². The van der Waals surface area contributed by atoms with Gasteiger partial charge in [-0.2, -0.15) is 0 Å². The summed E-state index contributed by atoms with van der Waals surface area (Å²) in [7, 11) is 3.39. The summed E-state index contributed by atoms with van der Waals surface area (Å²) in [6.07, 6.45) is 0.986. The van der Waals surface area contributed by atoms with Gasteiger partial charge >= 0.3 is 0 Å². The SMILES string of the molecule is COCCCNCc1cccc(OC)c1OCc1ccc(C)cc1. The molecule has 0 aromatic heterocycles. The van der Waals surface area contributed by atoms with Crippen molar-refractivity contribution < 1.29 is 14.2 Å². The van der Waals surface area contributed by atoms with Gasteiger partial charge in [-0.25, -0.2) is 0 Å². The lowest BCUT2D eigenvalue weighted by atomic mass is 10.1. The number of hydrogen-bond acceptors (Lipinski definition) is 4. The van der Waals surface area contributed by atoms with E-state index in [2.05, 4.69) is 42.6 Å². The van der Waals surface area contributed by atoms with Gasteiger partial charge in [0.15, 0.2) is 11.5 Å². The molecule has 0 aliphatic carbocycles. The van der Waals surface area contributed by atoms with Crippen molar-refractivity contribution in [3.63, 3.8) is 0 Å². The molecular formula is C20H27NO3. The van der Waals surface area contributed by atoms with Crippen molar-refractivity contribution in [1.82, 2.24) is 5.32 Å². The fraction of sp³-hybridized carbons (Fsp3) is 0.400. The summed E-state index contributed by atoms with van der Waals surface area (Å²) in [5.74, 6) is 1.57. The fourth-order valence-electron chi connectivity index (χ4n) is 2.43. The highest BCUT2D eigenvalue weighted by atomic mass is 16.5. The van der Waals surface area contributed by atoms with E-state index in [1.165, 1.54) is 5.56 Å². The van der Waals surface area contributed by atoms with Gasteiger partial charge in [-0.3, -0.25) is 0 Å². The van der Waals surface area contributed by atoms with Crippen molar-refractivity contribution in [3.8, 4) is 11.5 Å². The summed E-state index contributed by atoms with van der Waals surface area (Å²) in [5.41, 5.74) is 3.49. The third-order valence-electron chi connectivity index (χ3n) is 3.80. The van der Waals surface area contributed by atoms with Crippen LogP contribution in [-0.4, -0.2) is 27.4 Å². The molecule has 0 spiro atoms. The topological polar surface area (TPSA) is 39.7 Å². The molecule has 2 rings (SSSR count). The van der Waals surface area contributed by atoms with Crippen LogP contribution in [0.15, 0.2) is 42.5 Å². The van der Waals surface area contributed by atoms with Crippen molar-refractivity contribution in [2.75, 3.05) is 27.4 Å². The van der Waals surface area contributed by atoms with Crippen molar-refractivity contribution in [1.29, 1.82) is 0 Å². The van der Waals surface area contributed by atoms with E-state index in [0.29, 0.717) is 6.61 Å². The molecule has 0 aliphatic heterocycles. The van der Waals surface area contributed by atoms with Crippen LogP contribution >= 0.6 is 0 Å². The van der Waals surface area contributed by atoms with E-state index in [0.717, 1.165) is 48.7 Å². The van der Waals surface area contributed by atoms with Gasteiger partial charge in [-0.15, -0.1) is 0 Å². The molecule has 4 nitrogen and oxygen atoms in total. The smallest absolute Gasteiger partial charge is 0.166 e. The molecule has 0 heterocycles. The first-order chi connectivity index (χ1) is 11.7. The van der Waals surface area contributed by atoms with Gasteiger partial charge in [-0.05, 0) is 31.5 Å². The number of para-hydroxylation sites is 1. The number of ether oxygens (including phenoxy) is 3. The van der Waals surface area contributed by atoms with Crippen LogP contribution in [0.4, 0.5) is 0 Å². The van der Waals surface area contributed by atoms with Crippen molar-refractivity contribution in [2.24, 2.45) is 0 Å². The predicted octanol–water partition coefficient (Wildman–Crippen LogP) is 3.71. The number of nitrogens with one attached hydrogen (secondary N) is 1. The maximum atomic E-state index is 6.07.